The Hall–Kier alpha value is -2.22. The molecule has 0 unspecified atom stereocenters. The predicted molar refractivity (Wildman–Crippen MR) is 87.4 cm³/mol. The molecular weight excluding hydrogens is 334 g/mol. The molecule has 8 heteroatoms. The van der Waals surface area contributed by atoms with Crippen molar-refractivity contribution in [2.75, 3.05) is 23.4 Å². The zero-order valence-corrected chi connectivity index (χ0v) is 14.1. The predicted octanol–water partition coefficient (Wildman–Crippen LogP) is 1.20. The van der Waals surface area contributed by atoms with E-state index in [1.807, 2.05) is 0 Å². The number of sulfone groups is 1. The second-order valence-electron chi connectivity index (χ2n) is 5.78. The fourth-order valence-corrected chi connectivity index (χ4v) is 4.42. The van der Waals surface area contributed by atoms with Gasteiger partial charge in [-0.3, -0.25) is 14.4 Å². The first-order valence-electron chi connectivity index (χ1n) is 7.53. The summed E-state index contributed by atoms with van der Waals surface area (Å²) >= 11 is 0. The van der Waals surface area contributed by atoms with Crippen molar-refractivity contribution in [1.82, 2.24) is 0 Å². The molecule has 1 saturated heterocycles. The Morgan fingerprint density at radius 3 is 2.58 bits per heavy atom. The van der Waals surface area contributed by atoms with Gasteiger partial charge in [-0.1, -0.05) is 12.1 Å². The van der Waals surface area contributed by atoms with Gasteiger partial charge >= 0.3 is 5.97 Å². The van der Waals surface area contributed by atoms with Gasteiger partial charge < -0.3 is 10.1 Å². The standard InChI is InChI=1S/C16H19NO6S/c1-11(18)13-4-2-3-5-14(13)17-15(19)9-23-16(20)8-12-6-7-24(21,22)10-12/h2-5,12H,6-10H2,1H3,(H,17,19)/t12-/m1/s1. The van der Waals surface area contributed by atoms with Gasteiger partial charge in [-0.15, -0.1) is 0 Å². The van der Waals surface area contributed by atoms with Crippen molar-refractivity contribution in [1.29, 1.82) is 0 Å². The van der Waals surface area contributed by atoms with Gasteiger partial charge in [0.2, 0.25) is 0 Å². The molecule has 1 aliphatic heterocycles. The molecule has 0 bridgehead atoms. The van der Waals surface area contributed by atoms with Crippen LogP contribution in [0.2, 0.25) is 0 Å². The van der Waals surface area contributed by atoms with Gasteiger partial charge in [0.15, 0.2) is 22.2 Å². The van der Waals surface area contributed by atoms with E-state index in [-0.39, 0.29) is 29.6 Å². The van der Waals surface area contributed by atoms with Gasteiger partial charge in [0.1, 0.15) is 0 Å². The van der Waals surface area contributed by atoms with Crippen LogP contribution in [0.25, 0.3) is 0 Å². The number of ketones is 1. The highest BCUT2D eigenvalue weighted by Crippen LogP contribution is 2.22. The quantitative estimate of drug-likeness (QED) is 0.608. The molecule has 0 radical (unpaired) electrons. The van der Waals surface area contributed by atoms with Crippen molar-refractivity contribution in [2.45, 2.75) is 19.8 Å². The molecule has 1 heterocycles. The zero-order valence-electron chi connectivity index (χ0n) is 13.3. The van der Waals surface area contributed by atoms with Crippen LogP contribution >= 0.6 is 0 Å². The molecular formula is C16H19NO6S. The molecule has 0 saturated carbocycles. The molecule has 2 rings (SSSR count). The number of hydrogen-bond acceptors (Lipinski definition) is 6. The highest BCUT2D eigenvalue weighted by atomic mass is 32.2. The number of anilines is 1. The Kier molecular flexibility index (Phi) is 5.71. The van der Waals surface area contributed by atoms with E-state index in [1.165, 1.54) is 6.92 Å². The highest BCUT2D eigenvalue weighted by Gasteiger charge is 2.30. The van der Waals surface area contributed by atoms with Gasteiger partial charge in [0, 0.05) is 12.0 Å². The lowest BCUT2D eigenvalue weighted by Crippen LogP contribution is -2.23. The topological polar surface area (TPSA) is 107 Å². The molecule has 0 aromatic heterocycles. The third-order valence-electron chi connectivity index (χ3n) is 3.73. The lowest BCUT2D eigenvalue weighted by atomic mass is 10.1. The average molecular weight is 353 g/mol. The summed E-state index contributed by atoms with van der Waals surface area (Å²) < 4.78 is 27.5. The number of carbonyl (C=O) groups excluding carboxylic acids is 3. The van der Waals surface area contributed by atoms with Crippen LogP contribution in [0.15, 0.2) is 24.3 Å². The number of Topliss-reactive ketones (excluding diaryl/α,β-unsaturated/α-hetero) is 1. The van der Waals surface area contributed by atoms with Crippen LogP contribution in [0.5, 0.6) is 0 Å². The van der Waals surface area contributed by atoms with Crippen LogP contribution in [0.4, 0.5) is 5.69 Å². The number of amides is 1. The maximum Gasteiger partial charge on any atom is 0.306 e. The molecule has 1 N–H and O–H groups in total. The van der Waals surface area contributed by atoms with Crippen molar-refractivity contribution >= 4 is 33.2 Å². The molecule has 130 valence electrons. The van der Waals surface area contributed by atoms with Crippen LogP contribution < -0.4 is 5.32 Å². The summed E-state index contributed by atoms with van der Waals surface area (Å²) in [6.45, 7) is 0.908. The van der Waals surface area contributed by atoms with Gasteiger partial charge in [-0.25, -0.2) is 8.42 Å². The van der Waals surface area contributed by atoms with Crippen molar-refractivity contribution in [3.05, 3.63) is 29.8 Å². The van der Waals surface area contributed by atoms with E-state index in [1.54, 1.807) is 24.3 Å². The van der Waals surface area contributed by atoms with E-state index < -0.39 is 28.3 Å². The molecule has 0 spiro atoms. The molecule has 1 fully saturated rings. The van der Waals surface area contributed by atoms with Gasteiger partial charge in [0.25, 0.3) is 5.91 Å². The highest BCUT2D eigenvalue weighted by molar-refractivity contribution is 7.91. The molecule has 1 aliphatic rings. The van der Waals surface area contributed by atoms with Crippen molar-refractivity contribution in [2.24, 2.45) is 5.92 Å². The lowest BCUT2D eigenvalue weighted by Gasteiger charge is -2.10. The first kappa shape index (κ1) is 18.1. The van der Waals surface area contributed by atoms with Crippen molar-refractivity contribution in [3.8, 4) is 0 Å². The second kappa shape index (κ2) is 7.57. The number of benzene rings is 1. The minimum Gasteiger partial charge on any atom is -0.456 e. The summed E-state index contributed by atoms with van der Waals surface area (Å²) in [4.78, 5) is 35.0. The molecule has 7 nitrogen and oxygen atoms in total. The third-order valence-corrected chi connectivity index (χ3v) is 5.56. The molecule has 1 aromatic rings. The Balaban J connectivity index is 1.81. The van der Waals surface area contributed by atoms with E-state index in [4.69, 9.17) is 4.74 Å². The monoisotopic (exact) mass is 353 g/mol. The number of para-hydroxylation sites is 1. The summed E-state index contributed by atoms with van der Waals surface area (Å²) in [7, 11) is -3.04. The summed E-state index contributed by atoms with van der Waals surface area (Å²) in [6, 6.07) is 6.53. The van der Waals surface area contributed by atoms with Crippen LogP contribution in [0, 0.1) is 5.92 Å². The number of ether oxygens (including phenoxy) is 1. The molecule has 24 heavy (non-hydrogen) atoms. The number of hydrogen-bond donors (Lipinski definition) is 1. The normalized spacial score (nSPS) is 18.8. The van der Waals surface area contributed by atoms with Crippen LogP contribution in [0.1, 0.15) is 30.1 Å². The van der Waals surface area contributed by atoms with Gasteiger partial charge in [-0.2, -0.15) is 0 Å². The Bertz CT molecular complexity index is 756. The minimum absolute atomic E-state index is 0.0136. The SMILES string of the molecule is CC(=O)c1ccccc1NC(=O)COC(=O)C[C@H]1CCS(=O)(=O)C1. The Morgan fingerprint density at radius 1 is 1.25 bits per heavy atom. The summed E-state index contributed by atoms with van der Waals surface area (Å²) in [6.07, 6.45) is 0.423. The minimum atomic E-state index is -3.04. The number of esters is 1. The summed E-state index contributed by atoms with van der Waals surface area (Å²) in [5, 5.41) is 2.52. The zero-order chi connectivity index (χ0) is 17.7. The van der Waals surface area contributed by atoms with E-state index in [9.17, 15) is 22.8 Å². The Morgan fingerprint density at radius 2 is 1.96 bits per heavy atom. The number of rotatable bonds is 6. The molecule has 1 aromatic carbocycles. The van der Waals surface area contributed by atoms with E-state index in [0.717, 1.165) is 0 Å². The number of nitrogens with one attached hydrogen (secondary N) is 1. The second-order valence-corrected chi connectivity index (χ2v) is 8.01. The molecule has 0 aliphatic carbocycles. The summed E-state index contributed by atoms with van der Waals surface area (Å²) in [5.74, 6) is -1.52. The maximum atomic E-state index is 11.8. The molecule has 1 atom stereocenters. The first-order chi connectivity index (χ1) is 11.3. The number of carbonyl (C=O) groups is 3. The van der Waals surface area contributed by atoms with Gasteiger partial charge in [0.05, 0.1) is 17.2 Å². The third kappa shape index (κ3) is 5.16. The first-order valence-corrected chi connectivity index (χ1v) is 9.35. The largest absolute Gasteiger partial charge is 0.456 e. The fraction of sp³-hybridized carbons (Fsp3) is 0.438. The smallest absolute Gasteiger partial charge is 0.306 e. The average Bonchev–Trinajstić information content (AvgIpc) is 2.84. The van der Waals surface area contributed by atoms with E-state index in [2.05, 4.69) is 5.32 Å². The molecule has 1 amide bonds. The fourth-order valence-electron chi connectivity index (χ4n) is 2.56. The van der Waals surface area contributed by atoms with Crippen molar-refractivity contribution in [3.63, 3.8) is 0 Å². The Labute approximate surface area is 140 Å². The van der Waals surface area contributed by atoms with E-state index >= 15 is 0 Å². The van der Waals surface area contributed by atoms with Gasteiger partial charge in [-0.05, 0) is 31.4 Å². The van der Waals surface area contributed by atoms with Crippen LogP contribution in [-0.2, 0) is 24.2 Å². The summed E-state index contributed by atoms with van der Waals surface area (Å²) in [5.41, 5.74) is 0.723. The van der Waals surface area contributed by atoms with Crippen LogP contribution in [0.3, 0.4) is 0 Å². The van der Waals surface area contributed by atoms with Crippen LogP contribution in [-0.4, -0.2) is 44.2 Å². The maximum absolute atomic E-state index is 11.8. The van der Waals surface area contributed by atoms with Crippen molar-refractivity contribution < 1.29 is 27.5 Å². The van der Waals surface area contributed by atoms with E-state index in [0.29, 0.717) is 17.7 Å². The lowest BCUT2D eigenvalue weighted by molar-refractivity contribution is -0.148.